The summed E-state index contributed by atoms with van der Waals surface area (Å²) in [5.74, 6) is 0. The molecule has 16 heavy (non-hydrogen) atoms. The molecule has 1 rings (SSSR count). The summed E-state index contributed by atoms with van der Waals surface area (Å²) in [5.41, 5.74) is 0.305. The number of ether oxygens (including phenoxy) is 1. The van der Waals surface area contributed by atoms with Crippen molar-refractivity contribution < 1.29 is 4.74 Å². The summed E-state index contributed by atoms with van der Waals surface area (Å²) >= 11 is 0. The summed E-state index contributed by atoms with van der Waals surface area (Å²) in [5, 5.41) is 12.1. The average Bonchev–Trinajstić information content (AvgIpc) is 2.19. The first-order valence-electron chi connectivity index (χ1n) is 6.16. The van der Waals surface area contributed by atoms with Crippen LogP contribution in [-0.2, 0) is 4.74 Å². The zero-order chi connectivity index (χ0) is 12.1. The quantitative estimate of drug-likeness (QED) is 0.722. The van der Waals surface area contributed by atoms with Crippen LogP contribution in [0.15, 0.2) is 0 Å². The van der Waals surface area contributed by atoms with Gasteiger partial charge in [-0.1, -0.05) is 13.8 Å². The molecule has 0 aliphatic heterocycles. The third-order valence-corrected chi connectivity index (χ3v) is 3.66. The Bertz CT molecular complexity index is 246. The van der Waals surface area contributed by atoms with Crippen LogP contribution in [0, 0.1) is 16.7 Å². The summed E-state index contributed by atoms with van der Waals surface area (Å²) in [6.45, 7) is 6.31. The minimum absolute atomic E-state index is 0.102. The first-order chi connectivity index (χ1) is 7.54. The van der Waals surface area contributed by atoms with E-state index in [0.29, 0.717) is 6.42 Å². The fraction of sp³-hybridized carbons (Fsp3) is 0.923. The molecule has 1 aliphatic carbocycles. The molecule has 0 radical (unpaired) electrons. The maximum atomic E-state index is 8.58. The van der Waals surface area contributed by atoms with Crippen molar-refractivity contribution >= 4 is 0 Å². The summed E-state index contributed by atoms with van der Waals surface area (Å²) in [6, 6.07) is 2.21. The monoisotopic (exact) mass is 224 g/mol. The molecule has 0 unspecified atom stereocenters. The molecule has 92 valence electrons. The lowest BCUT2D eigenvalue weighted by Crippen LogP contribution is -2.49. The normalized spacial score (nSPS) is 18.9. The third-order valence-electron chi connectivity index (χ3n) is 3.66. The molecule has 0 bridgehead atoms. The van der Waals surface area contributed by atoms with Crippen LogP contribution in [-0.4, -0.2) is 25.8 Å². The lowest BCUT2D eigenvalue weighted by Gasteiger charge is -2.41. The van der Waals surface area contributed by atoms with E-state index < -0.39 is 0 Å². The van der Waals surface area contributed by atoms with Gasteiger partial charge in [-0.2, -0.15) is 5.26 Å². The number of hydrogen-bond acceptors (Lipinski definition) is 3. The molecule has 3 nitrogen and oxygen atoms in total. The second kappa shape index (κ2) is 5.65. The van der Waals surface area contributed by atoms with E-state index in [9.17, 15) is 0 Å². The Morgan fingerprint density at radius 1 is 1.44 bits per heavy atom. The van der Waals surface area contributed by atoms with Crippen LogP contribution in [0.1, 0.15) is 46.0 Å². The molecule has 1 aliphatic rings. The molecule has 0 aromatic heterocycles. The van der Waals surface area contributed by atoms with Crippen molar-refractivity contribution in [3.05, 3.63) is 0 Å². The number of hydrogen-bond donors (Lipinski definition) is 1. The molecule has 0 saturated heterocycles. The highest BCUT2D eigenvalue weighted by molar-refractivity contribution is 4.92. The third kappa shape index (κ3) is 3.77. The highest BCUT2D eigenvalue weighted by Gasteiger charge is 2.36. The maximum Gasteiger partial charge on any atom is 0.0802 e. The summed E-state index contributed by atoms with van der Waals surface area (Å²) in [4.78, 5) is 0. The van der Waals surface area contributed by atoms with Gasteiger partial charge < -0.3 is 10.1 Å². The van der Waals surface area contributed by atoms with Crippen molar-refractivity contribution in [2.75, 3.05) is 20.2 Å². The molecule has 0 heterocycles. The summed E-state index contributed by atoms with van der Waals surface area (Å²) in [6.07, 6.45) is 5.23. The Labute approximate surface area is 99.2 Å². The van der Waals surface area contributed by atoms with Gasteiger partial charge >= 0.3 is 0 Å². The van der Waals surface area contributed by atoms with Crippen LogP contribution < -0.4 is 5.32 Å². The fourth-order valence-corrected chi connectivity index (χ4v) is 2.14. The van der Waals surface area contributed by atoms with Gasteiger partial charge in [0.2, 0.25) is 0 Å². The molecule has 0 aromatic carbocycles. The zero-order valence-electron chi connectivity index (χ0n) is 10.8. The van der Waals surface area contributed by atoms with Crippen molar-refractivity contribution in [3.8, 4) is 6.07 Å². The van der Waals surface area contributed by atoms with Crippen LogP contribution in [0.2, 0.25) is 0 Å². The molecule has 0 aromatic rings. The van der Waals surface area contributed by atoms with Gasteiger partial charge in [-0.25, -0.2) is 0 Å². The first kappa shape index (κ1) is 13.5. The molecule has 1 saturated carbocycles. The number of nitrogens with zero attached hydrogens (tertiary/aromatic N) is 1. The highest BCUT2D eigenvalue weighted by atomic mass is 16.5. The van der Waals surface area contributed by atoms with Crippen LogP contribution in [0.3, 0.4) is 0 Å². The smallest absolute Gasteiger partial charge is 0.0802 e. The van der Waals surface area contributed by atoms with Crippen LogP contribution >= 0.6 is 0 Å². The number of methoxy groups -OCH3 is 1. The first-order valence-corrected chi connectivity index (χ1v) is 6.16. The minimum atomic E-state index is 0.102. The minimum Gasteiger partial charge on any atom is -0.377 e. The topological polar surface area (TPSA) is 45.0 Å². The number of nitrogens with one attached hydrogen (secondary N) is 1. The highest BCUT2D eigenvalue weighted by Crippen LogP contribution is 2.34. The Hall–Kier alpha value is -0.590. The zero-order valence-corrected chi connectivity index (χ0v) is 10.8. The van der Waals surface area contributed by atoms with E-state index in [2.05, 4.69) is 25.2 Å². The van der Waals surface area contributed by atoms with Crippen molar-refractivity contribution in [2.24, 2.45) is 5.41 Å². The van der Waals surface area contributed by atoms with Crippen molar-refractivity contribution in [1.29, 1.82) is 5.26 Å². The van der Waals surface area contributed by atoms with Gasteiger partial charge in [0.1, 0.15) is 0 Å². The molecule has 1 N–H and O–H groups in total. The van der Waals surface area contributed by atoms with E-state index in [0.717, 1.165) is 19.5 Å². The van der Waals surface area contributed by atoms with Crippen LogP contribution in [0.5, 0.6) is 0 Å². The van der Waals surface area contributed by atoms with Gasteiger partial charge in [0.15, 0.2) is 0 Å². The lowest BCUT2D eigenvalue weighted by atomic mass is 9.79. The number of rotatable bonds is 7. The predicted molar refractivity (Wildman–Crippen MR) is 65.1 cm³/mol. The van der Waals surface area contributed by atoms with E-state index >= 15 is 0 Å². The second-order valence-electron chi connectivity index (χ2n) is 5.67. The SMILES string of the molecule is COC1(CNCC(C)(C)CCC#N)CCC1. The van der Waals surface area contributed by atoms with Crippen molar-refractivity contribution in [2.45, 2.75) is 51.6 Å². The maximum absolute atomic E-state index is 8.58. The average molecular weight is 224 g/mol. The molecule has 1 fully saturated rings. The van der Waals surface area contributed by atoms with Crippen molar-refractivity contribution in [3.63, 3.8) is 0 Å². The molecule has 0 spiro atoms. The lowest BCUT2D eigenvalue weighted by molar-refractivity contribution is -0.0702. The largest absolute Gasteiger partial charge is 0.377 e. The van der Waals surface area contributed by atoms with Gasteiger partial charge in [0.05, 0.1) is 11.7 Å². The molecule has 0 amide bonds. The Kier molecular flexibility index (Phi) is 4.76. The van der Waals surface area contributed by atoms with Gasteiger partial charge in [-0.05, 0) is 31.1 Å². The van der Waals surface area contributed by atoms with Crippen LogP contribution in [0.4, 0.5) is 0 Å². The molecule has 0 atom stereocenters. The fourth-order valence-electron chi connectivity index (χ4n) is 2.14. The summed E-state index contributed by atoms with van der Waals surface area (Å²) < 4.78 is 5.55. The van der Waals surface area contributed by atoms with E-state index in [1.54, 1.807) is 0 Å². The Morgan fingerprint density at radius 3 is 2.56 bits per heavy atom. The van der Waals surface area contributed by atoms with Gasteiger partial charge in [0, 0.05) is 26.6 Å². The predicted octanol–water partition coefficient (Wildman–Crippen LogP) is 2.48. The van der Waals surface area contributed by atoms with Gasteiger partial charge in [0.25, 0.3) is 0 Å². The second-order valence-corrected chi connectivity index (χ2v) is 5.67. The molecule has 3 heteroatoms. The van der Waals surface area contributed by atoms with E-state index in [1.165, 1.54) is 19.3 Å². The number of nitriles is 1. The van der Waals surface area contributed by atoms with E-state index in [-0.39, 0.29) is 11.0 Å². The van der Waals surface area contributed by atoms with Gasteiger partial charge in [-0.15, -0.1) is 0 Å². The van der Waals surface area contributed by atoms with E-state index in [1.807, 2.05) is 7.11 Å². The van der Waals surface area contributed by atoms with Gasteiger partial charge in [-0.3, -0.25) is 0 Å². The van der Waals surface area contributed by atoms with Crippen molar-refractivity contribution in [1.82, 2.24) is 5.32 Å². The Balaban J connectivity index is 2.21. The van der Waals surface area contributed by atoms with Crippen LogP contribution in [0.25, 0.3) is 0 Å². The van der Waals surface area contributed by atoms with E-state index in [4.69, 9.17) is 10.00 Å². The summed E-state index contributed by atoms with van der Waals surface area (Å²) in [7, 11) is 1.81. The molecular weight excluding hydrogens is 200 g/mol. The Morgan fingerprint density at radius 2 is 2.12 bits per heavy atom. The standard InChI is InChI=1S/C13H24N2O/c1-12(2,6-5-9-14)10-15-11-13(16-3)7-4-8-13/h15H,4-8,10-11H2,1-3H3. The molecular formula is C13H24N2O.